The first-order valence-electron chi connectivity index (χ1n) is 7.20. The van der Waals surface area contributed by atoms with Gasteiger partial charge in [0, 0.05) is 7.05 Å². The monoisotopic (exact) mass is 396 g/mol. The van der Waals surface area contributed by atoms with Crippen molar-refractivity contribution in [2.45, 2.75) is 4.21 Å². The number of carbonyl (C=O) groups is 1. The van der Waals surface area contributed by atoms with Crippen molar-refractivity contribution in [2.75, 3.05) is 18.9 Å². The van der Waals surface area contributed by atoms with E-state index in [9.17, 15) is 17.6 Å². The molecule has 0 saturated carbocycles. The largest absolute Gasteiger partial charge is 0.322 e. The lowest BCUT2D eigenvalue weighted by Crippen LogP contribution is -2.34. The number of carbonyl (C=O) groups excluding carboxylic acids is 1. The van der Waals surface area contributed by atoms with E-state index in [1.807, 2.05) is 0 Å². The van der Waals surface area contributed by atoms with Gasteiger partial charge in [-0.2, -0.15) is 4.31 Å². The number of anilines is 1. The fraction of sp³-hybridized carbons (Fsp3) is 0.143. The molecule has 136 valence electrons. The molecule has 3 aromatic rings. The van der Waals surface area contributed by atoms with Crippen molar-refractivity contribution in [3.05, 3.63) is 47.9 Å². The maximum Gasteiger partial charge on any atom is 0.252 e. The van der Waals surface area contributed by atoms with Crippen molar-refractivity contribution in [3.8, 4) is 5.69 Å². The Hall–Kier alpha value is -2.70. The van der Waals surface area contributed by atoms with Crippen LogP contribution in [0.1, 0.15) is 0 Å². The first kappa shape index (κ1) is 18.1. The SMILES string of the molecule is CN(CC(=O)Nc1cc(-n2cnnn2)ccc1F)S(=O)(=O)c1cccs1. The van der Waals surface area contributed by atoms with E-state index < -0.39 is 28.3 Å². The Morgan fingerprint density at radius 2 is 2.19 bits per heavy atom. The molecule has 1 N–H and O–H groups in total. The van der Waals surface area contributed by atoms with Crippen LogP contribution in [0.15, 0.2) is 46.2 Å². The number of nitrogens with zero attached hydrogens (tertiary/aromatic N) is 5. The maximum atomic E-state index is 14.0. The Labute approximate surface area is 152 Å². The topological polar surface area (TPSA) is 110 Å². The number of thiophene rings is 1. The van der Waals surface area contributed by atoms with Crippen molar-refractivity contribution >= 4 is 33.0 Å². The predicted octanol–water partition coefficient (Wildman–Crippen LogP) is 1.12. The summed E-state index contributed by atoms with van der Waals surface area (Å²) in [5.74, 6) is -1.35. The molecular weight excluding hydrogens is 383 g/mol. The number of amides is 1. The number of benzene rings is 1. The van der Waals surface area contributed by atoms with Crippen LogP contribution in [0, 0.1) is 5.82 Å². The molecule has 1 amide bonds. The number of hydrogen-bond acceptors (Lipinski definition) is 7. The van der Waals surface area contributed by atoms with Gasteiger partial charge in [0.25, 0.3) is 10.0 Å². The summed E-state index contributed by atoms with van der Waals surface area (Å²) < 4.78 is 40.9. The number of halogens is 1. The predicted molar refractivity (Wildman–Crippen MR) is 91.9 cm³/mol. The quantitative estimate of drug-likeness (QED) is 0.669. The Balaban J connectivity index is 1.73. The number of tetrazole rings is 1. The molecule has 0 atom stereocenters. The van der Waals surface area contributed by atoms with E-state index in [2.05, 4.69) is 20.8 Å². The minimum Gasteiger partial charge on any atom is -0.322 e. The summed E-state index contributed by atoms with van der Waals surface area (Å²) in [6.45, 7) is -0.464. The molecule has 9 nitrogen and oxygen atoms in total. The lowest BCUT2D eigenvalue weighted by molar-refractivity contribution is -0.116. The molecule has 0 fully saturated rings. The minimum atomic E-state index is -3.77. The highest BCUT2D eigenvalue weighted by atomic mass is 32.2. The van der Waals surface area contributed by atoms with E-state index in [0.29, 0.717) is 5.69 Å². The lowest BCUT2D eigenvalue weighted by Gasteiger charge is -2.16. The molecular formula is C14H13FN6O3S2. The molecule has 0 aliphatic heterocycles. The molecule has 0 radical (unpaired) electrons. The summed E-state index contributed by atoms with van der Waals surface area (Å²) in [6, 6.07) is 6.99. The zero-order valence-electron chi connectivity index (χ0n) is 13.4. The fourth-order valence-electron chi connectivity index (χ4n) is 2.07. The van der Waals surface area contributed by atoms with E-state index in [1.54, 1.807) is 11.4 Å². The van der Waals surface area contributed by atoms with Gasteiger partial charge in [0.1, 0.15) is 16.4 Å². The van der Waals surface area contributed by atoms with Gasteiger partial charge in [-0.05, 0) is 40.1 Å². The number of nitrogens with one attached hydrogen (secondary N) is 1. The standard InChI is InChI=1S/C14H13FN6O3S2/c1-20(26(23,24)14-3-2-6-25-14)8-13(22)17-12-7-10(4-5-11(12)15)21-9-16-18-19-21/h2-7,9H,8H2,1H3,(H,17,22). The van der Waals surface area contributed by atoms with Gasteiger partial charge >= 0.3 is 0 Å². The Morgan fingerprint density at radius 3 is 2.85 bits per heavy atom. The van der Waals surface area contributed by atoms with Gasteiger partial charge in [-0.3, -0.25) is 4.79 Å². The average Bonchev–Trinajstić information content (AvgIpc) is 3.30. The zero-order valence-corrected chi connectivity index (χ0v) is 15.0. The maximum absolute atomic E-state index is 14.0. The number of sulfonamides is 1. The molecule has 0 bridgehead atoms. The van der Waals surface area contributed by atoms with E-state index in [4.69, 9.17) is 0 Å². The van der Waals surface area contributed by atoms with Crippen LogP contribution in [0.3, 0.4) is 0 Å². The molecule has 3 rings (SSSR count). The van der Waals surface area contributed by atoms with E-state index >= 15 is 0 Å². The second-order valence-corrected chi connectivity index (χ2v) is 8.38. The summed E-state index contributed by atoms with van der Waals surface area (Å²) in [6.07, 6.45) is 1.32. The summed E-state index contributed by atoms with van der Waals surface area (Å²) in [5, 5.41) is 14.6. The van der Waals surface area contributed by atoms with Gasteiger partial charge in [-0.1, -0.05) is 6.07 Å². The fourth-order valence-corrected chi connectivity index (χ4v) is 4.40. The highest BCUT2D eigenvalue weighted by Crippen LogP contribution is 2.21. The van der Waals surface area contributed by atoms with Gasteiger partial charge in [-0.25, -0.2) is 17.5 Å². The van der Waals surface area contributed by atoms with Crippen LogP contribution in [0.4, 0.5) is 10.1 Å². The normalized spacial score (nSPS) is 11.7. The lowest BCUT2D eigenvalue weighted by atomic mass is 10.2. The molecule has 26 heavy (non-hydrogen) atoms. The van der Waals surface area contributed by atoms with Crippen molar-refractivity contribution in [2.24, 2.45) is 0 Å². The van der Waals surface area contributed by atoms with E-state index in [1.165, 1.54) is 36.3 Å². The summed E-state index contributed by atoms with van der Waals surface area (Å²) >= 11 is 1.05. The van der Waals surface area contributed by atoms with Crippen LogP contribution in [-0.4, -0.2) is 52.4 Å². The molecule has 0 spiro atoms. The minimum absolute atomic E-state index is 0.107. The second kappa shape index (κ2) is 7.27. The van der Waals surface area contributed by atoms with Gasteiger partial charge in [0.15, 0.2) is 0 Å². The van der Waals surface area contributed by atoms with Crippen molar-refractivity contribution < 1.29 is 17.6 Å². The van der Waals surface area contributed by atoms with Crippen LogP contribution in [0.25, 0.3) is 5.69 Å². The van der Waals surface area contributed by atoms with Gasteiger partial charge in [-0.15, -0.1) is 16.4 Å². The van der Waals surface area contributed by atoms with Crippen LogP contribution in [-0.2, 0) is 14.8 Å². The molecule has 0 aliphatic rings. The zero-order chi connectivity index (χ0) is 18.7. The first-order valence-corrected chi connectivity index (χ1v) is 9.52. The van der Waals surface area contributed by atoms with Crippen molar-refractivity contribution in [3.63, 3.8) is 0 Å². The van der Waals surface area contributed by atoms with Gasteiger partial charge in [0.05, 0.1) is 17.9 Å². The number of likely N-dealkylation sites (N-methyl/N-ethyl adjacent to an activating group) is 1. The third-order valence-corrected chi connectivity index (χ3v) is 6.54. The summed E-state index contributed by atoms with van der Waals surface area (Å²) in [7, 11) is -2.49. The van der Waals surface area contributed by atoms with Gasteiger partial charge in [0.2, 0.25) is 5.91 Å². The Kier molecular flexibility index (Phi) is 5.06. The number of aromatic nitrogens is 4. The Bertz CT molecular complexity index is 1010. The van der Waals surface area contributed by atoms with Crippen molar-refractivity contribution in [1.82, 2.24) is 24.5 Å². The molecule has 2 heterocycles. The Morgan fingerprint density at radius 1 is 1.38 bits per heavy atom. The van der Waals surface area contributed by atoms with Gasteiger partial charge < -0.3 is 5.32 Å². The highest BCUT2D eigenvalue weighted by Gasteiger charge is 2.24. The third-order valence-electron chi connectivity index (χ3n) is 3.36. The molecule has 12 heteroatoms. The molecule has 2 aromatic heterocycles. The molecule has 0 aliphatic carbocycles. The van der Waals surface area contributed by atoms with Crippen LogP contribution in [0.2, 0.25) is 0 Å². The average molecular weight is 396 g/mol. The summed E-state index contributed by atoms with van der Waals surface area (Å²) in [4.78, 5) is 12.2. The van der Waals surface area contributed by atoms with E-state index in [-0.39, 0.29) is 9.90 Å². The van der Waals surface area contributed by atoms with E-state index in [0.717, 1.165) is 21.7 Å². The van der Waals surface area contributed by atoms with Crippen LogP contribution >= 0.6 is 11.3 Å². The van der Waals surface area contributed by atoms with Crippen LogP contribution < -0.4 is 5.32 Å². The molecule has 0 unspecified atom stereocenters. The first-order chi connectivity index (χ1) is 12.4. The molecule has 0 saturated heterocycles. The summed E-state index contributed by atoms with van der Waals surface area (Å²) in [5.41, 5.74) is 0.330. The van der Waals surface area contributed by atoms with Crippen molar-refractivity contribution in [1.29, 1.82) is 0 Å². The van der Waals surface area contributed by atoms with Crippen LogP contribution in [0.5, 0.6) is 0 Å². The third kappa shape index (κ3) is 3.76. The number of hydrogen-bond donors (Lipinski definition) is 1. The second-order valence-electron chi connectivity index (χ2n) is 5.16. The highest BCUT2D eigenvalue weighted by molar-refractivity contribution is 7.91. The smallest absolute Gasteiger partial charge is 0.252 e. The molecule has 1 aromatic carbocycles. The number of rotatable bonds is 6.